The number of rotatable bonds is 7. The van der Waals surface area contributed by atoms with Gasteiger partial charge in [-0.2, -0.15) is 4.72 Å². The molecule has 0 saturated heterocycles. The van der Waals surface area contributed by atoms with Crippen molar-refractivity contribution in [3.8, 4) is 11.5 Å². The minimum absolute atomic E-state index is 0.0538. The van der Waals surface area contributed by atoms with E-state index >= 15 is 0 Å². The van der Waals surface area contributed by atoms with Crippen LogP contribution in [0.25, 0.3) is 0 Å². The maximum absolute atomic E-state index is 12.4. The van der Waals surface area contributed by atoms with E-state index in [0.717, 1.165) is 0 Å². The molecule has 1 atom stereocenters. The number of sulfonamides is 1. The number of ether oxygens (including phenoxy) is 2. The van der Waals surface area contributed by atoms with Crippen molar-refractivity contribution in [3.05, 3.63) is 18.2 Å². The summed E-state index contributed by atoms with van der Waals surface area (Å²) >= 11 is 0. The molecule has 1 heterocycles. The zero-order valence-corrected chi connectivity index (χ0v) is 14.5. The number of aliphatic carboxylic acids is 1. The molecule has 0 fully saturated rings. The molecule has 10 heteroatoms. The molecule has 0 spiro atoms. The summed E-state index contributed by atoms with van der Waals surface area (Å²) in [5.74, 6) is -0.866. The van der Waals surface area contributed by atoms with E-state index < -0.39 is 27.9 Å². The number of hydrogen-bond acceptors (Lipinski definition) is 6. The fourth-order valence-corrected chi connectivity index (χ4v) is 3.33. The Morgan fingerprint density at radius 1 is 1.24 bits per heavy atom. The molecular formula is C15H20N2O7S. The third-order valence-corrected chi connectivity index (χ3v) is 4.93. The molecule has 1 unspecified atom stereocenters. The first-order valence-corrected chi connectivity index (χ1v) is 9.19. The zero-order valence-electron chi connectivity index (χ0n) is 13.6. The monoisotopic (exact) mass is 372 g/mol. The summed E-state index contributed by atoms with van der Waals surface area (Å²) in [4.78, 5) is 22.2. The van der Waals surface area contributed by atoms with Gasteiger partial charge in [-0.25, -0.2) is 8.42 Å². The van der Waals surface area contributed by atoms with Gasteiger partial charge in [0.05, 0.1) is 30.6 Å². The predicted octanol–water partition coefficient (Wildman–Crippen LogP) is 0.106. The fraction of sp³-hybridized carbons (Fsp3) is 0.467. The summed E-state index contributed by atoms with van der Waals surface area (Å²) in [7, 11) is -3.95. The number of carbonyl (C=O) groups excluding carboxylic acids is 1. The first-order chi connectivity index (χ1) is 11.8. The summed E-state index contributed by atoms with van der Waals surface area (Å²) in [6.07, 6.45) is 0.454. The molecule has 0 bridgehead atoms. The van der Waals surface area contributed by atoms with Crippen LogP contribution >= 0.6 is 0 Å². The molecule has 2 rings (SSSR count). The number of benzene rings is 1. The van der Waals surface area contributed by atoms with Gasteiger partial charge in [0.2, 0.25) is 15.9 Å². The van der Waals surface area contributed by atoms with Crippen molar-refractivity contribution in [2.45, 2.75) is 30.7 Å². The number of nitrogens with one attached hydrogen (secondary N) is 2. The minimum atomic E-state index is -3.95. The predicted molar refractivity (Wildman–Crippen MR) is 87.1 cm³/mol. The standard InChI is InChI=1S/C15H20N2O7S/c1-10(15(20)16-6-5-14(18)19)17-25(21,22)11-3-4-12-13(9-11)24-8-2-7-23-12/h3-4,9-10,17H,2,5-8H2,1H3,(H,16,20)(H,18,19). The summed E-state index contributed by atoms with van der Waals surface area (Å²) < 4.78 is 38.0. The Bertz CT molecular complexity index is 748. The molecular weight excluding hydrogens is 352 g/mol. The van der Waals surface area contributed by atoms with Gasteiger partial charge in [-0.3, -0.25) is 9.59 Å². The second kappa shape index (κ2) is 8.17. The number of carboxylic acid groups (broad SMARTS) is 1. The Morgan fingerprint density at radius 3 is 2.60 bits per heavy atom. The van der Waals surface area contributed by atoms with E-state index in [1.807, 2.05) is 0 Å². The van der Waals surface area contributed by atoms with Gasteiger partial charge in [0, 0.05) is 19.0 Å². The lowest BCUT2D eigenvalue weighted by Crippen LogP contribution is -2.45. The SMILES string of the molecule is CC(NS(=O)(=O)c1ccc2c(c1)OCCCO2)C(=O)NCCC(=O)O. The summed E-state index contributed by atoms with van der Waals surface area (Å²) in [6.45, 7) is 2.21. The average molecular weight is 372 g/mol. The van der Waals surface area contributed by atoms with E-state index in [0.29, 0.717) is 31.1 Å². The van der Waals surface area contributed by atoms with Crippen molar-refractivity contribution in [1.29, 1.82) is 0 Å². The molecule has 0 aromatic heterocycles. The normalized spacial score (nSPS) is 15.1. The Kier molecular flexibility index (Phi) is 6.21. The van der Waals surface area contributed by atoms with Crippen molar-refractivity contribution < 1.29 is 32.6 Å². The highest BCUT2D eigenvalue weighted by atomic mass is 32.2. The van der Waals surface area contributed by atoms with Crippen molar-refractivity contribution in [2.24, 2.45) is 0 Å². The van der Waals surface area contributed by atoms with Crippen LogP contribution in [0.1, 0.15) is 19.8 Å². The van der Waals surface area contributed by atoms with Gasteiger partial charge in [0.25, 0.3) is 0 Å². The first kappa shape index (κ1) is 19.0. The molecule has 138 valence electrons. The van der Waals surface area contributed by atoms with Gasteiger partial charge in [-0.15, -0.1) is 0 Å². The molecule has 9 nitrogen and oxygen atoms in total. The molecule has 3 N–H and O–H groups in total. The maximum atomic E-state index is 12.4. The van der Waals surface area contributed by atoms with Crippen LogP contribution in [0.15, 0.2) is 23.1 Å². The van der Waals surface area contributed by atoms with Crippen LogP contribution in [0, 0.1) is 0 Å². The van der Waals surface area contributed by atoms with E-state index in [1.54, 1.807) is 0 Å². The van der Waals surface area contributed by atoms with Crippen molar-refractivity contribution >= 4 is 21.9 Å². The highest BCUT2D eigenvalue weighted by Gasteiger charge is 2.24. The number of fused-ring (bicyclic) bond motifs is 1. The van der Waals surface area contributed by atoms with E-state index in [4.69, 9.17) is 14.6 Å². The Morgan fingerprint density at radius 2 is 1.92 bits per heavy atom. The van der Waals surface area contributed by atoms with Gasteiger partial charge in [0.1, 0.15) is 0 Å². The molecule has 1 aromatic rings. The van der Waals surface area contributed by atoms with E-state index in [1.165, 1.54) is 25.1 Å². The molecule has 1 amide bonds. The summed E-state index contributed by atoms with van der Waals surface area (Å²) in [5, 5.41) is 10.9. The van der Waals surface area contributed by atoms with Crippen molar-refractivity contribution in [2.75, 3.05) is 19.8 Å². The zero-order chi connectivity index (χ0) is 18.4. The second-order valence-electron chi connectivity index (χ2n) is 5.44. The molecule has 0 aliphatic carbocycles. The molecule has 0 saturated carbocycles. The lowest BCUT2D eigenvalue weighted by Gasteiger charge is -2.15. The van der Waals surface area contributed by atoms with Gasteiger partial charge in [-0.1, -0.05) is 0 Å². The summed E-state index contributed by atoms with van der Waals surface area (Å²) in [6, 6.07) is 3.16. The van der Waals surface area contributed by atoms with Crippen LogP contribution in [-0.2, 0) is 19.6 Å². The molecule has 25 heavy (non-hydrogen) atoms. The van der Waals surface area contributed by atoms with Gasteiger partial charge in [0.15, 0.2) is 11.5 Å². The average Bonchev–Trinajstić information content (AvgIpc) is 2.78. The van der Waals surface area contributed by atoms with E-state index in [9.17, 15) is 18.0 Å². The number of carbonyl (C=O) groups is 2. The Hall–Kier alpha value is -2.33. The van der Waals surface area contributed by atoms with Crippen molar-refractivity contribution in [3.63, 3.8) is 0 Å². The largest absolute Gasteiger partial charge is 0.490 e. The maximum Gasteiger partial charge on any atom is 0.305 e. The van der Waals surface area contributed by atoms with Crippen LogP contribution in [0.4, 0.5) is 0 Å². The molecule has 1 aliphatic heterocycles. The summed E-state index contributed by atoms with van der Waals surface area (Å²) in [5.41, 5.74) is 0. The third kappa shape index (κ3) is 5.33. The van der Waals surface area contributed by atoms with Crippen LogP contribution in [0.3, 0.4) is 0 Å². The van der Waals surface area contributed by atoms with Crippen LogP contribution in [-0.4, -0.2) is 51.2 Å². The quantitative estimate of drug-likeness (QED) is 0.619. The lowest BCUT2D eigenvalue weighted by atomic mass is 10.3. The first-order valence-electron chi connectivity index (χ1n) is 7.71. The number of amides is 1. The Balaban J connectivity index is 2.04. The van der Waals surface area contributed by atoms with Crippen LogP contribution in [0.5, 0.6) is 11.5 Å². The molecule has 1 aromatic carbocycles. The number of hydrogen-bond donors (Lipinski definition) is 3. The lowest BCUT2D eigenvalue weighted by molar-refractivity contribution is -0.136. The highest BCUT2D eigenvalue weighted by molar-refractivity contribution is 7.89. The van der Waals surface area contributed by atoms with Gasteiger partial charge >= 0.3 is 5.97 Å². The number of carboxylic acids is 1. The smallest absolute Gasteiger partial charge is 0.305 e. The van der Waals surface area contributed by atoms with Crippen LogP contribution in [0.2, 0.25) is 0 Å². The topological polar surface area (TPSA) is 131 Å². The van der Waals surface area contributed by atoms with Gasteiger partial charge in [-0.05, 0) is 19.1 Å². The Labute approximate surface area is 145 Å². The second-order valence-corrected chi connectivity index (χ2v) is 7.15. The third-order valence-electron chi connectivity index (χ3n) is 3.39. The van der Waals surface area contributed by atoms with Gasteiger partial charge < -0.3 is 19.9 Å². The van der Waals surface area contributed by atoms with E-state index in [2.05, 4.69) is 10.0 Å². The minimum Gasteiger partial charge on any atom is -0.490 e. The fourth-order valence-electron chi connectivity index (χ4n) is 2.11. The van der Waals surface area contributed by atoms with E-state index in [-0.39, 0.29) is 17.9 Å². The van der Waals surface area contributed by atoms with Crippen LogP contribution < -0.4 is 19.5 Å². The highest BCUT2D eigenvalue weighted by Crippen LogP contribution is 2.31. The van der Waals surface area contributed by atoms with Crippen molar-refractivity contribution in [1.82, 2.24) is 10.0 Å². The molecule has 0 radical (unpaired) electrons. The molecule has 1 aliphatic rings.